The van der Waals surface area contributed by atoms with Gasteiger partial charge in [0.25, 0.3) is 0 Å². The Morgan fingerprint density at radius 2 is 2.06 bits per heavy atom. The van der Waals surface area contributed by atoms with Crippen molar-refractivity contribution in [3.8, 4) is 6.07 Å². The number of carbonyl (C=O) groups is 1. The van der Waals surface area contributed by atoms with E-state index < -0.39 is 0 Å². The number of amides is 1. The lowest BCUT2D eigenvalue weighted by Crippen LogP contribution is -2.33. The number of halogens is 1. The summed E-state index contributed by atoms with van der Waals surface area (Å²) in [6, 6.07) is 9.68. The van der Waals surface area contributed by atoms with Crippen LogP contribution in [-0.4, -0.2) is 23.9 Å². The van der Waals surface area contributed by atoms with Crippen LogP contribution in [0.15, 0.2) is 28.7 Å². The molecule has 1 aromatic rings. The van der Waals surface area contributed by atoms with Crippen molar-refractivity contribution in [2.24, 2.45) is 0 Å². The van der Waals surface area contributed by atoms with Crippen LogP contribution < -0.4 is 0 Å². The van der Waals surface area contributed by atoms with Crippen LogP contribution >= 0.6 is 15.9 Å². The van der Waals surface area contributed by atoms with Crippen LogP contribution in [0.1, 0.15) is 18.9 Å². The van der Waals surface area contributed by atoms with Gasteiger partial charge < -0.3 is 4.90 Å². The first-order valence-electron chi connectivity index (χ1n) is 5.56. The SMILES string of the molecule is CCCN(CC#N)C(=O)Cc1ccc(Br)cc1. The van der Waals surface area contributed by atoms with E-state index in [1.54, 1.807) is 4.90 Å². The molecule has 0 N–H and O–H groups in total. The van der Waals surface area contributed by atoms with Gasteiger partial charge in [-0.15, -0.1) is 0 Å². The maximum Gasteiger partial charge on any atom is 0.227 e. The number of nitrogens with zero attached hydrogens (tertiary/aromatic N) is 2. The molecule has 0 aliphatic rings. The van der Waals surface area contributed by atoms with Crippen LogP contribution in [0.4, 0.5) is 0 Å². The first-order valence-corrected chi connectivity index (χ1v) is 6.35. The van der Waals surface area contributed by atoms with E-state index >= 15 is 0 Å². The topological polar surface area (TPSA) is 44.1 Å². The molecule has 0 saturated heterocycles. The van der Waals surface area contributed by atoms with Crippen molar-refractivity contribution >= 4 is 21.8 Å². The summed E-state index contributed by atoms with van der Waals surface area (Å²) in [5.41, 5.74) is 0.970. The third-order valence-electron chi connectivity index (χ3n) is 2.38. The molecule has 1 rings (SSSR count). The molecule has 0 bridgehead atoms. The molecule has 17 heavy (non-hydrogen) atoms. The molecule has 4 heteroatoms. The average Bonchev–Trinajstić information content (AvgIpc) is 2.32. The zero-order valence-corrected chi connectivity index (χ0v) is 11.4. The van der Waals surface area contributed by atoms with Gasteiger partial charge in [0.05, 0.1) is 12.5 Å². The van der Waals surface area contributed by atoms with Crippen LogP contribution in [0.5, 0.6) is 0 Å². The summed E-state index contributed by atoms with van der Waals surface area (Å²) in [5.74, 6) is 0.00993. The number of hydrogen-bond donors (Lipinski definition) is 0. The van der Waals surface area contributed by atoms with Crippen molar-refractivity contribution in [3.05, 3.63) is 34.3 Å². The second kappa shape index (κ2) is 7.08. The standard InChI is InChI=1S/C13H15BrN2O/c1-2-8-16(9-7-15)13(17)10-11-3-5-12(14)6-4-11/h3-6H,2,8-10H2,1H3. The molecule has 90 valence electrons. The smallest absolute Gasteiger partial charge is 0.227 e. The van der Waals surface area contributed by atoms with Gasteiger partial charge in [0.15, 0.2) is 0 Å². The van der Waals surface area contributed by atoms with E-state index in [4.69, 9.17) is 5.26 Å². The van der Waals surface area contributed by atoms with E-state index in [2.05, 4.69) is 15.9 Å². The third-order valence-corrected chi connectivity index (χ3v) is 2.91. The van der Waals surface area contributed by atoms with Gasteiger partial charge in [-0.2, -0.15) is 5.26 Å². The normalized spacial score (nSPS) is 9.71. The molecule has 0 atom stereocenters. The fourth-order valence-corrected chi connectivity index (χ4v) is 1.80. The molecule has 0 aromatic heterocycles. The number of carbonyl (C=O) groups excluding carboxylic acids is 1. The molecule has 0 heterocycles. The van der Waals surface area contributed by atoms with Crippen molar-refractivity contribution in [1.82, 2.24) is 4.90 Å². The summed E-state index contributed by atoms with van der Waals surface area (Å²) in [5, 5.41) is 8.66. The van der Waals surface area contributed by atoms with E-state index in [0.717, 1.165) is 16.5 Å². The van der Waals surface area contributed by atoms with Gasteiger partial charge in [-0.3, -0.25) is 4.79 Å². The van der Waals surface area contributed by atoms with Crippen LogP contribution in [0.25, 0.3) is 0 Å². The highest BCUT2D eigenvalue weighted by Crippen LogP contribution is 2.11. The summed E-state index contributed by atoms with van der Waals surface area (Å²) in [6.07, 6.45) is 1.22. The average molecular weight is 295 g/mol. The predicted molar refractivity (Wildman–Crippen MR) is 70.3 cm³/mol. The lowest BCUT2D eigenvalue weighted by Gasteiger charge is -2.18. The largest absolute Gasteiger partial charge is 0.329 e. The number of nitriles is 1. The first kappa shape index (κ1) is 13.7. The molecule has 1 amide bonds. The molecular weight excluding hydrogens is 280 g/mol. The Kier molecular flexibility index (Phi) is 5.71. The van der Waals surface area contributed by atoms with Crippen molar-refractivity contribution in [3.63, 3.8) is 0 Å². The molecular formula is C13H15BrN2O. The highest BCUT2D eigenvalue weighted by molar-refractivity contribution is 9.10. The lowest BCUT2D eigenvalue weighted by molar-refractivity contribution is -0.129. The Morgan fingerprint density at radius 3 is 2.59 bits per heavy atom. The summed E-state index contributed by atoms with van der Waals surface area (Å²) < 4.78 is 0.996. The highest BCUT2D eigenvalue weighted by atomic mass is 79.9. The van der Waals surface area contributed by atoms with Crippen molar-refractivity contribution in [2.75, 3.05) is 13.1 Å². The summed E-state index contributed by atoms with van der Waals surface area (Å²) in [7, 11) is 0. The van der Waals surface area contributed by atoms with Gasteiger partial charge in [-0.05, 0) is 24.1 Å². The van der Waals surface area contributed by atoms with Gasteiger partial charge in [-0.1, -0.05) is 35.0 Å². The number of hydrogen-bond acceptors (Lipinski definition) is 2. The van der Waals surface area contributed by atoms with Crippen molar-refractivity contribution in [2.45, 2.75) is 19.8 Å². The molecule has 0 spiro atoms. The van der Waals surface area contributed by atoms with E-state index in [1.165, 1.54) is 0 Å². The second-order valence-corrected chi connectivity index (χ2v) is 4.69. The Hall–Kier alpha value is -1.34. The number of rotatable bonds is 5. The Bertz CT molecular complexity index is 408. The summed E-state index contributed by atoms with van der Waals surface area (Å²) in [6.45, 7) is 2.81. The van der Waals surface area contributed by atoms with E-state index in [1.807, 2.05) is 37.3 Å². The van der Waals surface area contributed by atoms with Gasteiger partial charge in [0, 0.05) is 11.0 Å². The molecule has 0 unspecified atom stereocenters. The Labute approximate surface area is 110 Å². The minimum atomic E-state index is 0.00993. The first-order chi connectivity index (χ1) is 8.17. The van der Waals surface area contributed by atoms with E-state index in [9.17, 15) is 4.79 Å². The van der Waals surface area contributed by atoms with E-state index in [0.29, 0.717) is 13.0 Å². The minimum absolute atomic E-state index is 0.00993. The van der Waals surface area contributed by atoms with Crippen molar-refractivity contribution in [1.29, 1.82) is 5.26 Å². The molecule has 0 aliphatic carbocycles. The maximum atomic E-state index is 11.9. The zero-order valence-electron chi connectivity index (χ0n) is 9.82. The monoisotopic (exact) mass is 294 g/mol. The molecule has 0 fully saturated rings. The molecule has 1 aromatic carbocycles. The Balaban J connectivity index is 2.63. The molecule has 3 nitrogen and oxygen atoms in total. The van der Waals surface area contributed by atoms with Gasteiger partial charge in [0.2, 0.25) is 5.91 Å². The quantitative estimate of drug-likeness (QED) is 0.784. The molecule has 0 aliphatic heterocycles. The summed E-state index contributed by atoms with van der Waals surface area (Å²) >= 11 is 3.35. The van der Waals surface area contributed by atoms with Crippen molar-refractivity contribution < 1.29 is 4.79 Å². The van der Waals surface area contributed by atoms with Crippen LogP contribution in [0.2, 0.25) is 0 Å². The third kappa shape index (κ3) is 4.58. The van der Waals surface area contributed by atoms with Crippen LogP contribution in [-0.2, 0) is 11.2 Å². The molecule has 0 radical (unpaired) electrons. The molecule has 0 saturated carbocycles. The fraction of sp³-hybridized carbons (Fsp3) is 0.385. The van der Waals surface area contributed by atoms with Gasteiger partial charge in [0.1, 0.15) is 6.54 Å². The second-order valence-electron chi connectivity index (χ2n) is 3.78. The predicted octanol–water partition coefficient (Wildman–Crippen LogP) is 2.75. The zero-order chi connectivity index (χ0) is 12.7. The minimum Gasteiger partial charge on any atom is -0.329 e. The fourth-order valence-electron chi connectivity index (χ4n) is 1.54. The van der Waals surface area contributed by atoms with Gasteiger partial charge in [-0.25, -0.2) is 0 Å². The van der Waals surface area contributed by atoms with Gasteiger partial charge >= 0.3 is 0 Å². The van der Waals surface area contributed by atoms with E-state index in [-0.39, 0.29) is 12.5 Å². The highest BCUT2D eigenvalue weighted by Gasteiger charge is 2.12. The van der Waals surface area contributed by atoms with Crippen LogP contribution in [0, 0.1) is 11.3 Å². The lowest BCUT2D eigenvalue weighted by atomic mass is 10.1. The maximum absolute atomic E-state index is 11.9. The summed E-state index contributed by atoms with van der Waals surface area (Å²) in [4.78, 5) is 13.5. The Morgan fingerprint density at radius 1 is 1.41 bits per heavy atom. The van der Waals surface area contributed by atoms with Crippen LogP contribution in [0.3, 0.4) is 0 Å². The number of benzene rings is 1.